The molecule has 0 saturated heterocycles. The lowest BCUT2D eigenvalue weighted by atomic mass is 10.0. The predicted molar refractivity (Wildman–Crippen MR) is 174 cm³/mol. The summed E-state index contributed by atoms with van der Waals surface area (Å²) in [6, 6.07) is 13.7. The van der Waals surface area contributed by atoms with Crippen molar-refractivity contribution in [3.63, 3.8) is 0 Å². The van der Waals surface area contributed by atoms with E-state index in [-0.39, 0.29) is 33.9 Å². The molecule has 5 rings (SSSR count). The second-order valence-corrected chi connectivity index (χ2v) is 12.1. The average molecular weight is 649 g/mol. The van der Waals surface area contributed by atoms with Gasteiger partial charge in [0, 0.05) is 49.2 Å². The van der Waals surface area contributed by atoms with E-state index in [2.05, 4.69) is 4.98 Å². The second kappa shape index (κ2) is 13.9. The summed E-state index contributed by atoms with van der Waals surface area (Å²) in [6.45, 7) is 4.17. The number of aromatic hydroxyl groups is 1. The minimum absolute atomic E-state index is 0.105. The van der Waals surface area contributed by atoms with Gasteiger partial charge in [-0.05, 0) is 54.9 Å². The number of nitrogens with zero attached hydrogens (tertiary/aromatic N) is 4. The molecule has 0 amide bonds. The zero-order valence-electron chi connectivity index (χ0n) is 26.0. The molecule has 46 heavy (non-hydrogen) atoms. The quantitative estimate of drug-likeness (QED) is 0.198. The first-order valence-corrected chi connectivity index (χ1v) is 15.5. The van der Waals surface area contributed by atoms with Gasteiger partial charge in [-0.2, -0.15) is 0 Å². The van der Waals surface area contributed by atoms with E-state index in [0.29, 0.717) is 42.1 Å². The van der Waals surface area contributed by atoms with Crippen LogP contribution in [0, 0.1) is 18.6 Å². The highest BCUT2D eigenvalue weighted by Crippen LogP contribution is 2.38. The van der Waals surface area contributed by atoms with Gasteiger partial charge in [0.2, 0.25) is 0 Å². The van der Waals surface area contributed by atoms with Gasteiger partial charge in [-0.25, -0.2) is 23.1 Å². The molecule has 12 heteroatoms. The van der Waals surface area contributed by atoms with Crippen LogP contribution in [0.25, 0.3) is 26.5 Å². The van der Waals surface area contributed by atoms with Crippen LogP contribution in [0.15, 0.2) is 64.2 Å². The number of halogens is 2. The molecule has 2 aromatic carbocycles. The number of aromatic nitrogens is 3. The van der Waals surface area contributed by atoms with E-state index in [1.807, 2.05) is 43.1 Å². The summed E-state index contributed by atoms with van der Waals surface area (Å²) in [5.74, 6) is -2.27. The fraction of sp³-hybridized carbons (Fsp3) is 0.294. The highest BCUT2D eigenvalue weighted by Gasteiger charge is 2.27. The van der Waals surface area contributed by atoms with Gasteiger partial charge in [0.05, 0.1) is 18.5 Å². The van der Waals surface area contributed by atoms with Gasteiger partial charge in [0.1, 0.15) is 22.2 Å². The number of carbonyl (C=O) groups is 1. The van der Waals surface area contributed by atoms with Crippen LogP contribution in [0.1, 0.15) is 35.7 Å². The predicted octanol–water partition coefficient (Wildman–Crippen LogP) is 5.22. The molecule has 1 N–H and O–H groups in total. The number of hydrogen-bond acceptors (Lipinski definition) is 8. The summed E-state index contributed by atoms with van der Waals surface area (Å²) >= 11 is 1.16. The fourth-order valence-electron chi connectivity index (χ4n) is 5.24. The number of ketones is 1. The zero-order valence-corrected chi connectivity index (χ0v) is 26.8. The van der Waals surface area contributed by atoms with E-state index in [1.54, 1.807) is 14.0 Å². The number of carbonyl (C=O) groups excluding carboxylic acids is 1. The third kappa shape index (κ3) is 6.55. The Kier molecular flexibility index (Phi) is 9.90. The monoisotopic (exact) mass is 648 g/mol. The Hall–Kier alpha value is -4.52. The molecule has 0 aliphatic carbocycles. The summed E-state index contributed by atoms with van der Waals surface area (Å²) in [5, 5.41) is 10.9. The largest absolute Gasteiger partial charge is 0.504 e. The lowest BCUT2D eigenvalue weighted by Gasteiger charge is -2.18. The molecule has 0 radical (unpaired) electrons. The van der Waals surface area contributed by atoms with Crippen LogP contribution in [0.4, 0.5) is 8.78 Å². The highest BCUT2D eigenvalue weighted by atomic mass is 32.1. The molecule has 5 aromatic rings. The molecule has 3 aromatic heterocycles. The van der Waals surface area contributed by atoms with E-state index in [0.717, 1.165) is 43.7 Å². The van der Waals surface area contributed by atoms with Crippen molar-refractivity contribution in [1.29, 1.82) is 0 Å². The van der Waals surface area contributed by atoms with Crippen LogP contribution in [0.5, 0.6) is 5.75 Å². The summed E-state index contributed by atoms with van der Waals surface area (Å²) < 4.78 is 37.1. The number of methoxy groups -OCH3 is 1. The number of benzene rings is 2. The minimum atomic E-state index is -0.908. The van der Waals surface area contributed by atoms with Crippen molar-refractivity contribution in [2.75, 3.05) is 27.3 Å². The molecular formula is C34H34F2N4O5S. The van der Waals surface area contributed by atoms with E-state index >= 15 is 0 Å². The minimum Gasteiger partial charge on any atom is -0.504 e. The first-order chi connectivity index (χ1) is 22.0. The van der Waals surface area contributed by atoms with Gasteiger partial charge in [-0.1, -0.05) is 37.3 Å². The van der Waals surface area contributed by atoms with Crippen LogP contribution >= 0.6 is 11.3 Å². The number of fused-ring (bicyclic) bond motifs is 1. The molecular weight excluding hydrogens is 614 g/mol. The molecule has 0 aliphatic rings. The van der Waals surface area contributed by atoms with Gasteiger partial charge >= 0.3 is 5.69 Å². The molecule has 0 atom stereocenters. The smallest absolute Gasteiger partial charge is 0.338 e. The second-order valence-electron chi connectivity index (χ2n) is 11.1. The first kappa shape index (κ1) is 32.9. The van der Waals surface area contributed by atoms with Crippen LogP contribution in [0.3, 0.4) is 0 Å². The molecule has 0 spiro atoms. The number of thiophene rings is 1. The van der Waals surface area contributed by atoms with E-state index in [9.17, 15) is 28.3 Å². The van der Waals surface area contributed by atoms with Crippen LogP contribution in [-0.4, -0.2) is 57.2 Å². The number of ether oxygens (including phenoxy) is 1. The van der Waals surface area contributed by atoms with Crippen LogP contribution < -0.4 is 11.2 Å². The Balaban J connectivity index is 1.84. The highest BCUT2D eigenvalue weighted by molar-refractivity contribution is 7.22. The Bertz CT molecular complexity index is 2010. The fourth-order valence-corrected chi connectivity index (χ4v) is 6.55. The van der Waals surface area contributed by atoms with Crippen molar-refractivity contribution >= 4 is 27.3 Å². The molecule has 0 fully saturated rings. The van der Waals surface area contributed by atoms with Crippen molar-refractivity contribution in [3.05, 3.63) is 109 Å². The number of Topliss-reactive ketones (excluding diaryl/α,β-unsaturated/α-hetero) is 1. The standard InChI is InChI=1S/C34H34F2N4O5S/c1-5-23(41)17-21-10-12-22(13-11-21)30-25(18-38(3)15-16-45-4)29-32(43)40(31-28(42)14-9-20(2)37-31)34(44)39(33(29)46-30)19-24-26(35)7-6-8-27(24)36/h6-14,42H,5,15-19H2,1-4H3. The third-order valence-electron chi connectivity index (χ3n) is 7.77. The number of hydrogen-bond donors (Lipinski definition) is 1. The lowest BCUT2D eigenvalue weighted by molar-refractivity contribution is -0.118. The maximum atomic E-state index is 15.0. The van der Waals surface area contributed by atoms with Crippen molar-refractivity contribution in [2.24, 2.45) is 0 Å². The average Bonchev–Trinajstić information content (AvgIpc) is 3.40. The molecule has 240 valence electrons. The Labute approximate surface area is 268 Å². The van der Waals surface area contributed by atoms with Gasteiger partial charge < -0.3 is 9.84 Å². The van der Waals surface area contributed by atoms with Crippen molar-refractivity contribution in [1.82, 2.24) is 19.0 Å². The molecule has 3 heterocycles. The summed E-state index contributed by atoms with van der Waals surface area (Å²) in [5.41, 5.74) is 0.628. The Morgan fingerprint density at radius 1 is 1.04 bits per heavy atom. The topological polar surface area (TPSA) is 107 Å². The van der Waals surface area contributed by atoms with Crippen molar-refractivity contribution < 1.29 is 23.4 Å². The summed E-state index contributed by atoms with van der Waals surface area (Å²) in [7, 11) is 3.45. The van der Waals surface area contributed by atoms with E-state index < -0.39 is 35.2 Å². The van der Waals surface area contributed by atoms with Gasteiger partial charge in [-0.15, -0.1) is 11.3 Å². The number of pyridine rings is 1. The number of aryl methyl sites for hydroxylation is 1. The van der Waals surface area contributed by atoms with Gasteiger partial charge in [0.15, 0.2) is 11.6 Å². The normalized spacial score (nSPS) is 11.5. The van der Waals surface area contributed by atoms with Crippen LogP contribution in [-0.2, 0) is 29.0 Å². The lowest BCUT2D eigenvalue weighted by Crippen LogP contribution is -2.40. The zero-order chi connectivity index (χ0) is 33.1. The summed E-state index contributed by atoms with van der Waals surface area (Å²) in [6.07, 6.45) is 0.717. The third-order valence-corrected chi connectivity index (χ3v) is 9.08. The van der Waals surface area contributed by atoms with E-state index in [1.165, 1.54) is 18.2 Å². The van der Waals surface area contributed by atoms with Gasteiger partial charge in [-0.3, -0.25) is 19.1 Å². The Morgan fingerprint density at radius 3 is 2.39 bits per heavy atom. The molecule has 0 bridgehead atoms. The summed E-state index contributed by atoms with van der Waals surface area (Å²) in [4.78, 5) is 47.8. The van der Waals surface area contributed by atoms with Gasteiger partial charge in [0.25, 0.3) is 5.56 Å². The molecule has 9 nitrogen and oxygen atoms in total. The Morgan fingerprint density at radius 2 is 1.74 bits per heavy atom. The van der Waals surface area contributed by atoms with E-state index in [4.69, 9.17) is 4.74 Å². The first-order valence-electron chi connectivity index (χ1n) is 14.7. The number of likely N-dealkylation sites (N-methyl/N-ethyl adjacent to an activating group) is 1. The number of rotatable bonds is 12. The maximum absolute atomic E-state index is 15.0. The van der Waals surface area contributed by atoms with Crippen LogP contribution in [0.2, 0.25) is 0 Å². The van der Waals surface area contributed by atoms with Crippen molar-refractivity contribution in [3.8, 4) is 22.0 Å². The molecule has 0 unspecified atom stereocenters. The SMILES string of the molecule is CCC(=O)Cc1ccc(-c2sc3c(c2CN(C)CCOC)c(=O)n(-c2nc(C)ccc2O)c(=O)n3Cc2c(F)cccc2F)cc1. The maximum Gasteiger partial charge on any atom is 0.338 e. The molecule has 0 aliphatic heterocycles. The molecule has 0 saturated carbocycles. The van der Waals surface area contributed by atoms with Crippen molar-refractivity contribution in [2.45, 2.75) is 39.8 Å².